The summed E-state index contributed by atoms with van der Waals surface area (Å²) in [6.07, 6.45) is 4.77. The topological polar surface area (TPSA) is 38.7 Å². The molecule has 0 aliphatic carbocycles. The van der Waals surface area contributed by atoms with Gasteiger partial charge in [0.05, 0.1) is 5.02 Å². The SMILES string of the molecule is Clc1cnc2nccnc2c1. The Kier molecular flexibility index (Phi) is 1.43. The predicted molar refractivity (Wildman–Crippen MR) is 42.3 cm³/mol. The molecule has 54 valence electrons. The molecule has 2 aromatic rings. The summed E-state index contributed by atoms with van der Waals surface area (Å²) in [6, 6.07) is 1.73. The maximum absolute atomic E-state index is 5.69. The Labute approximate surface area is 68.1 Å². The molecule has 11 heavy (non-hydrogen) atoms. The first-order valence-corrected chi connectivity index (χ1v) is 3.46. The number of rotatable bonds is 0. The highest BCUT2D eigenvalue weighted by Crippen LogP contribution is 2.11. The van der Waals surface area contributed by atoms with Gasteiger partial charge in [0, 0.05) is 18.6 Å². The molecule has 0 aromatic carbocycles. The number of pyridine rings is 1. The second-order valence-corrected chi connectivity index (χ2v) is 2.49. The Morgan fingerprint density at radius 2 is 1.91 bits per heavy atom. The lowest BCUT2D eigenvalue weighted by Gasteiger charge is -1.92. The van der Waals surface area contributed by atoms with E-state index in [-0.39, 0.29) is 0 Å². The molecule has 2 rings (SSSR count). The monoisotopic (exact) mass is 165 g/mol. The molecule has 0 fully saturated rings. The summed E-state index contributed by atoms with van der Waals surface area (Å²) >= 11 is 5.69. The standard InChI is InChI=1S/C7H4ClN3/c8-5-3-6-7(11-4-5)10-2-1-9-6/h1-4H. The van der Waals surface area contributed by atoms with E-state index in [1.54, 1.807) is 24.7 Å². The molecule has 3 nitrogen and oxygen atoms in total. The first-order chi connectivity index (χ1) is 5.36. The van der Waals surface area contributed by atoms with Crippen LogP contribution in [0.1, 0.15) is 0 Å². The van der Waals surface area contributed by atoms with Crippen molar-refractivity contribution in [3.05, 3.63) is 29.7 Å². The quantitative estimate of drug-likeness (QED) is 0.596. The fourth-order valence-corrected chi connectivity index (χ4v) is 0.986. The van der Waals surface area contributed by atoms with Crippen LogP contribution in [-0.4, -0.2) is 15.0 Å². The lowest BCUT2D eigenvalue weighted by atomic mass is 10.4. The van der Waals surface area contributed by atoms with Crippen molar-refractivity contribution < 1.29 is 0 Å². The smallest absolute Gasteiger partial charge is 0.178 e. The molecule has 4 heteroatoms. The average Bonchev–Trinajstić information content (AvgIpc) is 2.04. The minimum Gasteiger partial charge on any atom is -0.251 e. The van der Waals surface area contributed by atoms with Crippen molar-refractivity contribution >= 4 is 22.8 Å². The minimum absolute atomic E-state index is 0.581. The summed E-state index contributed by atoms with van der Waals surface area (Å²) in [4.78, 5) is 12.0. The number of nitrogens with zero attached hydrogens (tertiary/aromatic N) is 3. The minimum atomic E-state index is 0.581. The Bertz CT molecular complexity index is 388. The van der Waals surface area contributed by atoms with Crippen molar-refractivity contribution in [3.63, 3.8) is 0 Å². The van der Waals surface area contributed by atoms with Crippen LogP contribution in [0.25, 0.3) is 11.2 Å². The van der Waals surface area contributed by atoms with E-state index < -0.39 is 0 Å². The van der Waals surface area contributed by atoms with E-state index in [1.807, 2.05) is 0 Å². The summed E-state index contributed by atoms with van der Waals surface area (Å²) in [5.41, 5.74) is 1.34. The van der Waals surface area contributed by atoms with Gasteiger partial charge in [-0.3, -0.25) is 4.98 Å². The van der Waals surface area contributed by atoms with Gasteiger partial charge in [-0.15, -0.1) is 0 Å². The van der Waals surface area contributed by atoms with Crippen LogP contribution in [0.15, 0.2) is 24.7 Å². The highest BCUT2D eigenvalue weighted by molar-refractivity contribution is 6.30. The van der Waals surface area contributed by atoms with Crippen molar-refractivity contribution in [3.8, 4) is 0 Å². The highest BCUT2D eigenvalue weighted by atomic mass is 35.5. The van der Waals surface area contributed by atoms with Gasteiger partial charge in [0.2, 0.25) is 0 Å². The van der Waals surface area contributed by atoms with Crippen LogP contribution in [0.2, 0.25) is 5.02 Å². The number of hydrogen-bond donors (Lipinski definition) is 0. The molecule has 0 radical (unpaired) electrons. The lowest BCUT2D eigenvalue weighted by molar-refractivity contribution is 1.22. The number of aromatic nitrogens is 3. The van der Waals surface area contributed by atoms with Crippen LogP contribution in [0.5, 0.6) is 0 Å². The Balaban J connectivity index is 2.83. The average molecular weight is 166 g/mol. The zero-order valence-electron chi connectivity index (χ0n) is 5.53. The van der Waals surface area contributed by atoms with Crippen LogP contribution in [-0.2, 0) is 0 Å². The maximum Gasteiger partial charge on any atom is 0.178 e. The molecular formula is C7H4ClN3. The number of halogens is 1. The largest absolute Gasteiger partial charge is 0.251 e. The zero-order valence-corrected chi connectivity index (χ0v) is 6.28. The van der Waals surface area contributed by atoms with E-state index >= 15 is 0 Å². The van der Waals surface area contributed by atoms with E-state index in [2.05, 4.69) is 15.0 Å². The van der Waals surface area contributed by atoms with E-state index in [1.165, 1.54) is 0 Å². The van der Waals surface area contributed by atoms with Gasteiger partial charge in [-0.2, -0.15) is 0 Å². The molecule has 0 bridgehead atoms. The van der Waals surface area contributed by atoms with Crippen molar-refractivity contribution in [1.82, 2.24) is 15.0 Å². The van der Waals surface area contributed by atoms with Gasteiger partial charge in [0.15, 0.2) is 5.65 Å². The molecule has 0 N–H and O–H groups in total. The van der Waals surface area contributed by atoms with Crippen molar-refractivity contribution in [2.24, 2.45) is 0 Å². The fourth-order valence-electron chi connectivity index (χ4n) is 0.833. The second kappa shape index (κ2) is 2.43. The Morgan fingerprint density at radius 3 is 2.82 bits per heavy atom. The first-order valence-electron chi connectivity index (χ1n) is 3.08. The Hall–Kier alpha value is -1.22. The van der Waals surface area contributed by atoms with Crippen molar-refractivity contribution in [1.29, 1.82) is 0 Å². The molecule has 0 unspecified atom stereocenters. The maximum atomic E-state index is 5.69. The van der Waals surface area contributed by atoms with Crippen molar-refractivity contribution in [2.45, 2.75) is 0 Å². The normalized spacial score (nSPS) is 10.3. The third-order valence-corrected chi connectivity index (χ3v) is 1.50. The molecule has 2 aromatic heterocycles. The molecule has 0 amide bonds. The fraction of sp³-hybridized carbons (Fsp3) is 0. The summed E-state index contributed by atoms with van der Waals surface area (Å²) in [5, 5.41) is 0.581. The lowest BCUT2D eigenvalue weighted by Crippen LogP contribution is -1.84. The van der Waals surface area contributed by atoms with Crippen molar-refractivity contribution in [2.75, 3.05) is 0 Å². The summed E-state index contributed by atoms with van der Waals surface area (Å²) in [5.74, 6) is 0. The summed E-state index contributed by atoms with van der Waals surface area (Å²) in [6.45, 7) is 0. The molecule has 0 spiro atoms. The van der Waals surface area contributed by atoms with E-state index in [9.17, 15) is 0 Å². The third-order valence-electron chi connectivity index (χ3n) is 1.29. The summed E-state index contributed by atoms with van der Waals surface area (Å²) < 4.78 is 0. The zero-order chi connectivity index (χ0) is 7.68. The second-order valence-electron chi connectivity index (χ2n) is 2.05. The van der Waals surface area contributed by atoms with E-state index in [4.69, 9.17) is 11.6 Å². The summed E-state index contributed by atoms with van der Waals surface area (Å²) in [7, 11) is 0. The molecule has 0 atom stereocenters. The number of fused-ring (bicyclic) bond motifs is 1. The van der Waals surface area contributed by atoms with E-state index in [0.717, 1.165) is 5.52 Å². The van der Waals surface area contributed by atoms with Crippen LogP contribution >= 0.6 is 11.6 Å². The van der Waals surface area contributed by atoms with Crippen LogP contribution in [0.3, 0.4) is 0 Å². The molecule has 0 saturated heterocycles. The first kappa shape index (κ1) is 6.49. The predicted octanol–water partition coefficient (Wildman–Crippen LogP) is 1.68. The molecular weight excluding hydrogens is 162 g/mol. The van der Waals surface area contributed by atoms with Gasteiger partial charge in [-0.05, 0) is 6.07 Å². The van der Waals surface area contributed by atoms with Gasteiger partial charge in [0.25, 0.3) is 0 Å². The van der Waals surface area contributed by atoms with Crippen LogP contribution in [0, 0.1) is 0 Å². The van der Waals surface area contributed by atoms with Gasteiger partial charge >= 0.3 is 0 Å². The van der Waals surface area contributed by atoms with Gasteiger partial charge in [-0.1, -0.05) is 11.6 Å². The molecule has 0 saturated carbocycles. The van der Waals surface area contributed by atoms with Crippen LogP contribution in [0.4, 0.5) is 0 Å². The van der Waals surface area contributed by atoms with Gasteiger partial charge < -0.3 is 0 Å². The molecule has 2 heterocycles. The molecule has 0 aliphatic rings. The highest BCUT2D eigenvalue weighted by Gasteiger charge is 1.95. The molecule has 0 aliphatic heterocycles. The van der Waals surface area contributed by atoms with Gasteiger partial charge in [0.1, 0.15) is 5.52 Å². The Morgan fingerprint density at radius 1 is 1.09 bits per heavy atom. The third kappa shape index (κ3) is 1.14. The number of hydrogen-bond acceptors (Lipinski definition) is 3. The van der Waals surface area contributed by atoms with Gasteiger partial charge in [-0.25, -0.2) is 9.97 Å². The van der Waals surface area contributed by atoms with E-state index in [0.29, 0.717) is 10.7 Å². The van der Waals surface area contributed by atoms with Crippen LogP contribution < -0.4 is 0 Å².